The van der Waals surface area contributed by atoms with E-state index in [-0.39, 0.29) is 19.0 Å². The maximum Gasteiger partial charge on any atom is 0.143 e. The number of rotatable bonds is 4. The number of ether oxygens (including phenoxy) is 1. The van der Waals surface area contributed by atoms with Gasteiger partial charge < -0.3 is 9.84 Å². The molecular formula is C14H11BrClFO2. The van der Waals surface area contributed by atoms with E-state index < -0.39 is 0 Å². The molecule has 0 amide bonds. The second-order valence-corrected chi connectivity index (χ2v) is 5.23. The van der Waals surface area contributed by atoms with Gasteiger partial charge >= 0.3 is 0 Å². The summed E-state index contributed by atoms with van der Waals surface area (Å²) in [6.45, 7) is -0.140. The first kappa shape index (κ1) is 14.3. The molecule has 0 saturated heterocycles. The van der Waals surface area contributed by atoms with Crippen LogP contribution in [0, 0.1) is 5.82 Å². The molecule has 0 aliphatic heterocycles. The van der Waals surface area contributed by atoms with Crippen LogP contribution >= 0.6 is 27.5 Å². The Balaban J connectivity index is 2.21. The molecule has 2 rings (SSSR count). The number of aliphatic hydroxyl groups excluding tert-OH is 1. The van der Waals surface area contributed by atoms with Crippen LogP contribution in [-0.2, 0) is 13.2 Å². The Morgan fingerprint density at radius 1 is 1.21 bits per heavy atom. The van der Waals surface area contributed by atoms with Crippen molar-refractivity contribution in [2.75, 3.05) is 0 Å². The van der Waals surface area contributed by atoms with Crippen LogP contribution in [0.1, 0.15) is 11.1 Å². The maximum atomic E-state index is 13.6. The van der Waals surface area contributed by atoms with Gasteiger partial charge in [-0.15, -0.1) is 0 Å². The number of aliphatic hydroxyl groups is 1. The lowest BCUT2D eigenvalue weighted by atomic mass is 10.2. The van der Waals surface area contributed by atoms with E-state index in [1.54, 1.807) is 30.3 Å². The molecule has 2 aromatic carbocycles. The predicted molar refractivity (Wildman–Crippen MR) is 75.8 cm³/mol. The molecule has 0 aliphatic rings. The number of benzene rings is 2. The minimum absolute atomic E-state index is 0.0437. The van der Waals surface area contributed by atoms with E-state index in [2.05, 4.69) is 15.9 Å². The van der Waals surface area contributed by atoms with Crippen LogP contribution in [0.5, 0.6) is 5.75 Å². The molecule has 19 heavy (non-hydrogen) atoms. The van der Waals surface area contributed by atoms with Gasteiger partial charge in [0, 0.05) is 15.6 Å². The first-order valence-corrected chi connectivity index (χ1v) is 6.74. The fourth-order valence-electron chi connectivity index (χ4n) is 1.64. The molecule has 2 nitrogen and oxygen atoms in total. The molecule has 0 radical (unpaired) electrons. The first-order chi connectivity index (χ1) is 9.11. The van der Waals surface area contributed by atoms with Gasteiger partial charge in [-0.25, -0.2) is 4.39 Å². The van der Waals surface area contributed by atoms with Crippen molar-refractivity contribution >= 4 is 27.5 Å². The highest BCUT2D eigenvalue weighted by Crippen LogP contribution is 2.30. The first-order valence-electron chi connectivity index (χ1n) is 5.57. The molecule has 0 spiro atoms. The minimum Gasteiger partial charge on any atom is -0.487 e. The Bertz CT molecular complexity index is 590. The summed E-state index contributed by atoms with van der Waals surface area (Å²) in [4.78, 5) is 0. The Labute approximate surface area is 123 Å². The highest BCUT2D eigenvalue weighted by molar-refractivity contribution is 9.10. The van der Waals surface area contributed by atoms with Gasteiger partial charge in [-0.1, -0.05) is 39.7 Å². The lowest BCUT2D eigenvalue weighted by molar-refractivity contribution is 0.257. The summed E-state index contributed by atoms with van der Waals surface area (Å²) < 4.78 is 19.9. The largest absolute Gasteiger partial charge is 0.487 e. The molecule has 0 aromatic heterocycles. The normalized spacial score (nSPS) is 10.5. The van der Waals surface area contributed by atoms with Crippen LogP contribution in [0.3, 0.4) is 0 Å². The molecule has 0 heterocycles. The average Bonchev–Trinajstić information content (AvgIpc) is 2.40. The fourth-order valence-corrected chi connectivity index (χ4v) is 2.30. The van der Waals surface area contributed by atoms with Crippen LogP contribution in [0.2, 0.25) is 5.02 Å². The molecule has 0 aliphatic carbocycles. The van der Waals surface area contributed by atoms with E-state index in [9.17, 15) is 9.50 Å². The number of halogens is 3. The van der Waals surface area contributed by atoms with Crippen molar-refractivity contribution in [3.05, 3.63) is 62.8 Å². The third kappa shape index (κ3) is 3.47. The molecule has 100 valence electrons. The maximum absolute atomic E-state index is 13.6. The van der Waals surface area contributed by atoms with Crippen molar-refractivity contribution < 1.29 is 14.2 Å². The highest BCUT2D eigenvalue weighted by Gasteiger charge is 2.10. The quantitative estimate of drug-likeness (QED) is 0.894. The zero-order valence-electron chi connectivity index (χ0n) is 9.87. The number of hydrogen-bond donors (Lipinski definition) is 1. The summed E-state index contributed by atoms with van der Waals surface area (Å²) >= 11 is 9.28. The summed E-state index contributed by atoms with van der Waals surface area (Å²) in [5.74, 6) is 0.0341. The van der Waals surface area contributed by atoms with E-state index in [1.807, 2.05) is 0 Å². The van der Waals surface area contributed by atoms with Crippen molar-refractivity contribution in [3.8, 4) is 5.75 Å². The van der Waals surface area contributed by atoms with Crippen molar-refractivity contribution in [1.82, 2.24) is 0 Å². The van der Waals surface area contributed by atoms with Crippen LogP contribution in [-0.4, -0.2) is 5.11 Å². The van der Waals surface area contributed by atoms with Crippen molar-refractivity contribution in [3.63, 3.8) is 0 Å². The lowest BCUT2D eigenvalue weighted by Gasteiger charge is -2.12. The predicted octanol–water partition coefficient (Wildman–Crippen LogP) is 4.31. The molecule has 0 bridgehead atoms. The van der Waals surface area contributed by atoms with Gasteiger partial charge in [0.25, 0.3) is 0 Å². The second kappa shape index (κ2) is 6.37. The fraction of sp³-hybridized carbons (Fsp3) is 0.143. The molecule has 0 fully saturated rings. The Morgan fingerprint density at radius 2 is 2.00 bits per heavy atom. The van der Waals surface area contributed by atoms with Gasteiger partial charge in [-0.05, 0) is 24.3 Å². The van der Waals surface area contributed by atoms with Crippen LogP contribution in [0.15, 0.2) is 40.9 Å². The third-order valence-electron chi connectivity index (χ3n) is 2.60. The standard InChI is InChI=1S/C14H11BrClFO2/c15-11-4-5-13(17)10(6-11)8-19-14-9(7-18)2-1-3-12(14)16/h1-6,18H,7-8H2. The summed E-state index contributed by atoms with van der Waals surface area (Å²) in [6.07, 6.45) is 0. The number of hydrogen-bond acceptors (Lipinski definition) is 2. The summed E-state index contributed by atoms with van der Waals surface area (Å²) in [6, 6.07) is 9.72. The third-order valence-corrected chi connectivity index (χ3v) is 3.39. The highest BCUT2D eigenvalue weighted by atomic mass is 79.9. The molecule has 0 saturated carbocycles. The topological polar surface area (TPSA) is 29.5 Å². The summed E-state index contributed by atoms with van der Waals surface area (Å²) in [5.41, 5.74) is 0.987. The van der Waals surface area contributed by atoms with Crippen LogP contribution in [0.4, 0.5) is 4.39 Å². The average molecular weight is 346 g/mol. The van der Waals surface area contributed by atoms with E-state index in [0.29, 0.717) is 21.9 Å². The molecule has 0 atom stereocenters. The zero-order valence-corrected chi connectivity index (χ0v) is 12.2. The molecule has 0 unspecified atom stereocenters. The van der Waals surface area contributed by atoms with E-state index in [4.69, 9.17) is 16.3 Å². The van der Waals surface area contributed by atoms with Gasteiger partial charge in [0.1, 0.15) is 18.2 Å². The lowest BCUT2D eigenvalue weighted by Crippen LogP contribution is -2.01. The molecule has 5 heteroatoms. The second-order valence-electron chi connectivity index (χ2n) is 3.91. The number of para-hydroxylation sites is 1. The zero-order chi connectivity index (χ0) is 13.8. The Hall–Kier alpha value is -1.10. The minimum atomic E-state index is -0.346. The monoisotopic (exact) mass is 344 g/mol. The van der Waals surface area contributed by atoms with Crippen LogP contribution < -0.4 is 4.74 Å². The molecule has 2 aromatic rings. The van der Waals surface area contributed by atoms with Crippen molar-refractivity contribution in [2.24, 2.45) is 0 Å². The van der Waals surface area contributed by atoms with Gasteiger partial charge in [-0.3, -0.25) is 0 Å². The molecule has 1 N–H and O–H groups in total. The summed E-state index contributed by atoms with van der Waals surface area (Å²) in [5, 5.41) is 9.61. The SMILES string of the molecule is OCc1cccc(Cl)c1OCc1cc(Br)ccc1F. The van der Waals surface area contributed by atoms with E-state index >= 15 is 0 Å². The smallest absolute Gasteiger partial charge is 0.143 e. The summed E-state index contributed by atoms with van der Waals surface area (Å²) in [7, 11) is 0. The van der Waals surface area contributed by atoms with Crippen LogP contribution in [0.25, 0.3) is 0 Å². The van der Waals surface area contributed by atoms with Gasteiger partial charge in [0.15, 0.2) is 0 Å². The molecular weight excluding hydrogens is 335 g/mol. The van der Waals surface area contributed by atoms with E-state index in [1.165, 1.54) is 6.07 Å². The Kier molecular flexibility index (Phi) is 4.80. The Morgan fingerprint density at radius 3 is 2.74 bits per heavy atom. The van der Waals surface area contributed by atoms with Gasteiger partial charge in [-0.2, -0.15) is 0 Å². The van der Waals surface area contributed by atoms with Crippen molar-refractivity contribution in [1.29, 1.82) is 0 Å². The van der Waals surface area contributed by atoms with Gasteiger partial charge in [0.2, 0.25) is 0 Å². The van der Waals surface area contributed by atoms with E-state index in [0.717, 1.165) is 4.47 Å². The van der Waals surface area contributed by atoms with Gasteiger partial charge in [0.05, 0.1) is 11.6 Å². The van der Waals surface area contributed by atoms with Crippen molar-refractivity contribution in [2.45, 2.75) is 13.2 Å².